The third-order valence-electron chi connectivity index (χ3n) is 2.55. The van der Waals surface area contributed by atoms with Crippen LogP contribution in [0.5, 0.6) is 0 Å². The lowest BCUT2D eigenvalue weighted by molar-refractivity contribution is -0.115. The molecule has 0 radical (unpaired) electrons. The van der Waals surface area contributed by atoms with Crippen LogP contribution in [0.3, 0.4) is 0 Å². The predicted octanol–water partition coefficient (Wildman–Crippen LogP) is 1.89. The van der Waals surface area contributed by atoms with Crippen LogP contribution in [0.1, 0.15) is 19.3 Å². The van der Waals surface area contributed by atoms with Crippen LogP contribution in [0.4, 0.5) is 11.5 Å². The molecular weight excluding hydrogens is 222 g/mol. The zero-order valence-electron chi connectivity index (χ0n) is 8.98. The smallest absolute Gasteiger partial charge is 0.238 e. The second-order valence-corrected chi connectivity index (χ2v) is 5.10. The van der Waals surface area contributed by atoms with E-state index in [-0.39, 0.29) is 11.2 Å². The van der Waals surface area contributed by atoms with Gasteiger partial charge < -0.3 is 11.1 Å². The largest absolute Gasteiger partial charge is 0.396 e. The van der Waals surface area contributed by atoms with Gasteiger partial charge in [-0.3, -0.25) is 4.79 Å². The van der Waals surface area contributed by atoms with Gasteiger partial charge in [-0.1, -0.05) is 6.42 Å². The lowest BCUT2D eigenvalue weighted by Crippen LogP contribution is -2.28. The van der Waals surface area contributed by atoms with E-state index in [1.807, 2.05) is 0 Å². The summed E-state index contributed by atoms with van der Waals surface area (Å²) < 4.78 is 0. The minimum absolute atomic E-state index is 0.0232. The molecule has 1 aliphatic rings. The molecule has 1 aromatic rings. The number of carbonyl (C=O) groups excluding carboxylic acids is 1. The van der Waals surface area contributed by atoms with Gasteiger partial charge >= 0.3 is 0 Å². The zero-order chi connectivity index (χ0) is 11.4. The van der Waals surface area contributed by atoms with E-state index in [2.05, 4.69) is 10.3 Å². The van der Waals surface area contributed by atoms with E-state index in [0.717, 1.165) is 18.6 Å². The van der Waals surface area contributed by atoms with E-state index >= 15 is 0 Å². The van der Waals surface area contributed by atoms with Crippen molar-refractivity contribution < 1.29 is 4.79 Å². The van der Waals surface area contributed by atoms with Crippen molar-refractivity contribution in [2.45, 2.75) is 24.5 Å². The predicted molar refractivity (Wildman–Crippen MR) is 67.4 cm³/mol. The first-order chi connectivity index (χ1) is 7.77. The topological polar surface area (TPSA) is 68.0 Å². The fraction of sp³-hybridized carbons (Fsp3) is 0.455. The number of anilines is 2. The van der Waals surface area contributed by atoms with E-state index in [1.54, 1.807) is 30.1 Å². The molecule has 2 rings (SSSR count). The van der Waals surface area contributed by atoms with Crippen LogP contribution < -0.4 is 11.1 Å². The molecule has 0 bridgehead atoms. The van der Waals surface area contributed by atoms with E-state index < -0.39 is 0 Å². The lowest BCUT2D eigenvalue weighted by atomic mass is 10.2. The van der Waals surface area contributed by atoms with Crippen LogP contribution in [0.2, 0.25) is 0 Å². The fourth-order valence-electron chi connectivity index (χ4n) is 1.67. The van der Waals surface area contributed by atoms with Gasteiger partial charge in [0.25, 0.3) is 0 Å². The Hall–Kier alpha value is -1.23. The van der Waals surface area contributed by atoms with Crippen molar-refractivity contribution in [3.05, 3.63) is 18.3 Å². The molecule has 5 heteroatoms. The number of carbonyl (C=O) groups is 1. The highest BCUT2D eigenvalue weighted by Gasteiger charge is 2.22. The van der Waals surface area contributed by atoms with Crippen LogP contribution >= 0.6 is 11.8 Å². The molecule has 1 aliphatic heterocycles. The quantitative estimate of drug-likeness (QED) is 0.824. The second-order valence-electron chi connectivity index (χ2n) is 3.79. The standard InChI is InChI=1S/C11H15N3OS/c12-8-4-3-6-13-10(8)14-11(15)9-5-1-2-7-16-9/h3-4,6,9H,1-2,5,7,12H2,(H,13,14,15). The number of hydrogen-bond acceptors (Lipinski definition) is 4. The van der Waals surface area contributed by atoms with Crippen molar-refractivity contribution in [3.63, 3.8) is 0 Å². The van der Waals surface area contributed by atoms with Gasteiger partial charge in [0.15, 0.2) is 5.82 Å². The normalized spacial score (nSPS) is 20.4. The summed E-state index contributed by atoms with van der Waals surface area (Å²) in [5, 5.41) is 2.84. The number of aromatic nitrogens is 1. The molecule has 86 valence electrons. The van der Waals surface area contributed by atoms with Gasteiger partial charge in [-0.15, -0.1) is 11.8 Å². The van der Waals surface area contributed by atoms with Crippen molar-refractivity contribution in [2.24, 2.45) is 0 Å². The second kappa shape index (κ2) is 5.21. The Balaban J connectivity index is 1.99. The minimum atomic E-state index is 0.0232. The van der Waals surface area contributed by atoms with Gasteiger partial charge in [-0.05, 0) is 30.7 Å². The Morgan fingerprint density at radius 2 is 2.44 bits per heavy atom. The summed E-state index contributed by atoms with van der Waals surface area (Å²) in [5.41, 5.74) is 6.23. The van der Waals surface area contributed by atoms with Crippen molar-refractivity contribution in [1.82, 2.24) is 4.98 Å². The van der Waals surface area contributed by atoms with Crippen LogP contribution in [0.25, 0.3) is 0 Å². The number of amides is 1. The number of nitrogens with two attached hydrogens (primary N) is 1. The van der Waals surface area contributed by atoms with Gasteiger partial charge in [0.1, 0.15) is 0 Å². The SMILES string of the molecule is Nc1cccnc1NC(=O)C1CCCCS1. The van der Waals surface area contributed by atoms with Crippen LogP contribution in [-0.2, 0) is 4.79 Å². The third-order valence-corrected chi connectivity index (χ3v) is 3.93. The number of thioether (sulfide) groups is 1. The summed E-state index contributed by atoms with van der Waals surface area (Å²) in [6, 6.07) is 3.48. The lowest BCUT2D eigenvalue weighted by Gasteiger charge is -2.20. The average Bonchev–Trinajstić information content (AvgIpc) is 2.33. The number of pyridine rings is 1. The molecule has 1 atom stereocenters. The molecule has 1 amide bonds. The molecule has 0 aliphatic carbocycles. The zero-order valence-corrected chi connectivity index (χ0v) is 9.80. The van der Waals surface area contributed by atoms with E-state index in [0.29, 0.717) is 11.5 Å². The minimum Gasteiger partial charge on any atom is -0.396 e. The first kappa shape index (κ1) is 11.3. The summed E-state index contributed by atoms with van der Waals surface area (Å²) in [7, 11) is 0. The fourth-order valence-corrected chi connectivity index (χ4v) is 2.87. The molecule has 1 unspecified atom stereocenters. The highest BCUT2D eigenvalue weighted by Crippen LogP contribution is 2.26. The molecule has 1 aromatic heterocycles. The molecule has 1 saturated heterocycles. The maximum atomic E-state index is 11.9. The molecule has 0 aromatic carbocycles. The highest BCUT2D eigenvalue weighted by atomic mass is 32.2. The molecule has 0 saturated carbocycles. The summed E-state index contributed by atoms with van der Waals surface area (Å²) in [6.45, 7) is 0. The summed E-state index contributed by atoms with van der Waals surface area (Å²) in [6.07, 6.45) is 4.91. The van der Waals surface area contributed by atoms with Gasteiger partial charge in [0.05, 0.1) is 10.9 Å². The van der Waals surface area contributed by atoms with Gasteiger partial charge in [0, 0.05) is 6.20 Å². The Morgan fingerprint density at radius 3 is 3.12 bits per heavy atom. The summed E-state index contributed by atoms with van der Waals surface area (Å²) >= 11 is 1.72. The van der Waals surface area contributed by atoms with Crippen LogP contribution in [-0.4, -0.2) is 21.9 Å². The Kier molecular flexibility index (Phi) is 3.66. The number of rotatable bonds is 2. The number of nitrogens with zero attached hydrogens (tertiary/aromatic N) is 1. The van der Waals surface area contributed by atoms with Gasteiger partial charge in [-0.25, -0.2) is 4.98 Å². The van der Waals surface area contributed by atoms with Gasteiger partial charge in [0.2, 0.25) is 5.91 Å². The highest BCUT2D eigenvalue weighted by molar-refractivity contribution is 8.00. The molecule has 0 spiro atoms. The molecule has 3 N–H and O–H groups in total. The molecule has 2 heterocycles. The summed E-state index contributed by atoms with van der Waals surface area (Å²) in [5.74, 6) is 1.56. The van der Waals surface area contributed by atoms with Crippen molar-refractivity contribution in [1.29, 1.82) is 0 Å². The van der Waals surface area contributed by atoms with Crippen LogP contribution in [0.15, 0.2) is 18.3 Å². The first-order valence-electron chi connectivity index (χ1n) is 5.40. The summed E-state index contributed by atoms with van der Waals surface area (Å²) in [4.78, 5) is 15.9. The molecule has 4 nitrogen and oxygen atoms in total. The number of hydrogen-bond donors (Lipinski definition) is 2. The third kappa shape index (κ3) is 2.66. The Labute approximate surface area is 99.0 Å². The first-order valence-corrected chi connectivity index (χ1v) is 6.45. The average molecular weight is 237 g/mol. The number of nitrogen functional groups attached to an aromatic ring is 1. The van der Waals surface area contributed by atoms with Gasteiger partial charge in [-0.2, -0.15) is 0 Å². The van der Waals surface area contributed by atoms with E-state index in [4.69, 9.17) is 5.73 Å². The molecular formula is C11H15N3OS. The van der Waals surface area contributed by atoms with Crippen molar-refractivity contribution in [3.8, 4) is 0 Å². The number of nitrogens with one attached hydrogen (secondary N) is 1. The molecule has 1 fully saturated rings. The maximum Gasteiger partial charge on any atom is 0.238 e. The van der Waals surface area contributed by atoms with Crippen LogP contribution in [0, 0.1) is 0 Å². The monoisotopic (exact) mass is 237 g/mol. The van der Waals surface area contributed by atoms with Crippen molar-refractivity contribution >= 4 is 29.2 Å². The Bertz CT molecular complexity index is 377. The Morgan fingerprint density at radius 1 is 1.56 bits per heavy atom. The maximum absolute atomic E-state index is 11.9. The molecule has 16 heavy (non-hydrogen) atoms. The van der Waals surface area contributed by atoms with Crippen molar-refractivity contribution in [2.75, 3.05) is 16.8 Å². The van der Waals surface area contributed by atoms with E-state index in [9.17, 15) is 4.79 Å². The van der Waals surface area contributed by atoms with E-state index in [1.165, 1.54) is 6.42 Å².